The molecule has 0 saturated carbocycles. The second-order valence-corrected chi connectivity index (χ2v) is 7.21. The molecule has 25 heavy (non-hydrogen) atoms. The van der Waals surface area contributed by atoms with E-state index in [0.29, 0.717) is 6.42 Å². The molecule has 0 aromatic carbocycles. The number of aryl methyl sites for hydroxylation is 1. The lowest BCUT2D eigenvalue weighted by atomic mass is 10.1. The molecule has 142 valence electrons. The number of rotatable bonds is 15. The van der Waals surface area contributed by atoms with Gasteiger partial charge < -0.3 is 0 Å². The standard InChI is InChI=1S/C22H39N2O/c1-3-4-5-6-7-8-9-10-11-12-13-14-15-16-17-18-22(25)24-20-19-23(2)21-24/h10-11,19-21H,3-9,12-18H2,1-2H3/q+1. The molecule has 0 aliphatic heterocycles. The monoisotopic (exact) mass is 347 g/mol. The summed E-state index contributed by atoms with van der Waals surface area (Å²) in [6.45, 7) is 2.27. The van der Waals surface area contributed by atoms with E-state index in [4.69, 9.17) is 0 Å². The van der Waals surface area contributed by atoms with Crippen LogP contribution in [0.1, 0.15) is 102 Å². The molecule has 0 unspecified atom stereocenters. The van der Waals surface area contributed by atoms with Gasteiger partial charge in [0, 0.05) is 0 Å². The van der Waals surface area contributed by atoms with Gasteiger partial charge in [-0.3, -0.25) is 0 Å². The SMILES string of the molecule is CCCCCCCCC=CCCCCCCCC(=O)n1cc[n+](C)c1. The largest absolute Gasteiger partial charge is 0.313 e. The average molecular weight is 348 g/mol. The number of nitrogens with zero attached hydrogens (tertiary/aromatic N) is 2. The molecule has 0 aliphatic rings. The van der Waals surface area contributed by atoms with E-state index in [1.54, 1.807) is 4.57 Å². The smallest absolute Gasteiger partial charge is 0.246 e. The zero-order chi connectivity index (χ0) is 18.2. The van der Waals surface area contributed by atoms with Crippen LogP contribution in [0.3, 0.4) is 0 Å². The van der Waals surface area contributed by atoms with Crippen molar-refractivity contribution in [2.75, 3.05) is 0 Å². The Morgan fingerprint density at radius 3 is 2.00 bits per heavy atom. The van der Waals surface area contributed by atoms with Crippen LogP contribution in [0.4, 0.5) is 0 Å². The van der Waals surface area contributed by atoms with Crippen molar-refractivity contribution in [3.63, 3.8) is 0 Å². The molecule has 0 N–H and O–H groups in total. The molecule has 1 aromatic rings. The molecule has 1 aromatic heterocycles. The summed E-state index contributed by atoms with van der Waals surface area (Å²) in [7, 11) is 1.94. The minimum absolute atomic E-state index is 0.207. The van der Waals surface area contributed by atoms with E-state index in [1.807, 2.05) is 30.3 Å². The Hall–Kier alpha value is -1.38. The van der Waals surface area contributed by atoms with Gasteiger partial charge in [-0.15, -0.1) is 0 Å². The van der Waals surface area contributed by atoms with Crippen molar-refractivity contribution in [1.29, 1.82) is 0 Å². The molecular formula is C22H39N2O+. The van der Waals surface area contributed by atoms with E-state index in [-0.39, 0.29) is 5.91 Å². The zero-order valence-corrected chi connectivity index (χ0v) is 16.6. The van der Waals surface area contributed by atoms with Gasteiger partial charge in [-0.1, -0.05) is 70.4 Å². The molecule has 0 saturated heterocycles. The second kappa shape index (κ2) is 14.9. The number of allylic oxidation sites excluding steroid dienone is 2. The maximum atomic E-state index is 11.9. The minimum atomic E-state index is 0.207. The fourth-order valence-electron chi connectivity index (χ4n) is 3.07. The number of imidazole rings is 1. The molecule has 0 aliphatic carbocycles. The third-order valence-corrected chi connectivity index (χ3v) is 4.71. The Balaban J connectivity index is 1.84. The lowest BCUT2D eigenvalue weighted by molar-refractivity contribution is -0.670. The van der Waals surface area contributed by atoms with E-state index in [2.05, 4.69) is 19.1 Å². The van der Waals surface area contributed by atoms with Crippen molar-refractivity contribution in [2.45, 2.75) is 96.8 Å². The third kappa shape index (κ3) is 11.7. The van der Waals surface area contributed by atoms with Crippen LogP contribution in [-0.4, -0.2) is 10.5 Å². The van der Waals surface area contributed by atoms with Crippen LogP contribution >= 0.6 is 0 Å². The van der Waals surface area contributed by atoms with Crippen LogP contribution in [0.2, 0.25) is 0 Å². The van der Waals surface area contributed by atoms with Crippen molar-refractivity contribution in [3.8, 4) is 0 Å². The van der Waals surface area contributed by atoms with E-state index < -0.39 is 0 Å². The normalized spacial score (nSPS) is 11.4. The number of carbonyl (C=O) groups excluding carboxylic acids is 1. The molecule has 0 spiro atoms. The molecule has 0 atom stereocenters. The molecular weight excluding hydrogens is 308 g/mol. The van der Waals surface area contributed by atoms with Gasteiger partial charge in [0.2, 0.25) is 0 Å². The Bertz CT molecular complexity index is 476. The van der Waals surface area contributed by atoms with Crippen LogP contribution in [-0.2, 0) is 7.05 Å². The molecule has 1 rings (SSSR count). The fourth-order valence-corrected chi connectivity index (χ4v) is 3.07. The Morgan fingerprint density at radius 1 is 0.880 bits per heavy atom. The van der Waals surface area contributed by atoms with Crippen LogP contribution in [0.25, 0.3) is 0 Å². The number of aromatic nitrogens is 2. The Labute approximate surface area is 155 Å². The quantitative estimate of drug-likeness (QED) is 0.217. The van der Waals surface area contributed by atoms with Gasteiger partial charge >= 0.3 is 5.91 Å². The lowest BCUT2D eigenvalue weighted by Gasteiger charge is -1.99. The number of hydrogen-bond acceptors (Lipinski definition) is 1. The predicted octanol–water partition coefficient (Wildman–Crippen LogP) is 5.99. The van der Waals surface area contributed by atoms with Crippen molar-refractivity contribution < 1.29 is 9.36 Å². The highest BCUT2D eigenvalue weighted by Gasteiger charge is 2.10. The minimum Gasteiger partial charge on any atom is -0.246 e. The highest BCUT2D eigenvalue weighted by molar-refractivity contribution is 5.78. The van der Waals surface area contributed by atoms with Crippen molar-refractivity contribution in [1.82, 2.24) is 4.57 Å². The van der Waals surface area contributed by atoms with E-state index in [1.165, 1.54) is 77.0 Å². The van der Waals surface area contributed by atoms with Crippen LogP contribution in [0.5, 0.6) is 0 Å². The highest BCUT2D eigenvalue weighted by atomic mass is 16.2. The first-order chi connectivity index (χ1) is 12.2. The number of unbranched alkanes of at least 4 members (excludes halogenated alkanes) is 11. The van der Waals surface area contributed by atoms with Gasteiger partial charge in [-0.05, 0) is 32.1 Å². The van der Waals surface area contributed by atoms with Gasteiger partial charge in [-0.25, -0.2) is 9.36 Å². The first kappa shape index (κ1) is 21.7. The van der Waals surface area contributed by atoms with Crippen LogP contribution < -0.4 is 4.57 Å². The summed E-state index contributed by atoms with van der Waals surface area (Å²) in [5.41, 5.74) is 0. The second-order valence-electron chi connectivity index (χ2n) is 7.21. The van der Waals surface area contributed by atoms with Crippen molar-refractivity contribution >= 4 is 5.91 Å². The maximum absolute atomic E-state index is 11.9. The fraction of sp³-hybridized carbons (Fsp3) is 0.727. The lowest BCUT2D eigenvalue weighted by Crippen LogP contribution is -2.24. The highest BCUT2D eigenvalue weighted by Crippen LogP contribution is 2.10. The molecule has 0 fully saturated rings. The number of hydrogen-bond donors (Lipinski definition) is 0. The molecule has 3 heteroatoms. The van der Waals surface area contributed by atoms with Crippen molar-refractivity contribution in [2.24, 2.45) is 7.05 Å². The third-order valence-electron chi connectivity index (χ3n) is 4.71. The topological polar surface area (TPSA) is 25.9 Å². The summed E-state index contributed by atoms with van der Waals surface area (Å²) < 4.78 is 3.59. The predicted molar refractivity (Wildman–Crippen MR) is 106 cm³/mol. The van der Waals surface area contributed by atoms with Gasteiger partial charge in [0.05, 0.1) is 13.5 Å². The molecule has 1 heterocycles. The average Bonchev–Trinajstić information content (AvgIpc) is 3.04. The van der Waals surface area contributed by atoms with E-state index >= 15 is 0 Å². The molecule has 0 amide bonds. The summed E-state index contributed by atoms with van der Waals surface area (Å²) in [4.78, 5) is 11.9. The zero-order valence-electron chi connectivity index (χ0n) is 16.6. The van der Waals surface area contributed by atoms with Crippen LogP contribution in [0.15, 0.2) is 30.9 Å². The summed E-state index contributed by atoms with van der Waals surface area (Å²) >= 11 is 0. The first-order valence-corrected chi connectivity index (χ1v) is 10.5. The van der Waals surface area contributed by atoms with E-state index in [9.17, 15) is 4.79 Å². The van der Waals surface area contributed by atoms with Gasteiger partial charge in [0.1, 0.15) is 12.4 Å². The summed E-state index contributed by atoms with van der Waals surface area (Å²) in [6.07, 6.45) is 27.7. The van der Waals surface area contributed by atoms with Gasteiger partial charge in [-0.2, -0.15) is 4.57 Å². The van der Waals surface area contributed by atoms with Crippen molar-refractivity contribution in [3.05, 3.63) is 30.9 Å². The number of carbonyl (C=O) groups is 1. The van der Waals surface area contributed by atoms with E-state index in [0.717, 1.165) is 6.42 Å². The molecule has 3 nitrogen and oxygen atoms in total. The Kier molecular flexibility index (Phi) is 12.9. The summed E-state index contributed by atoms with van der Waals surface area (Å²) in [5.74, 6) is 0.207. The van der Waals surface area contributed by atoms with Crippen LogP contribution in [0, 0.1) is 0 Å². The van der Waals surface area contributed by atoms with Gasteiger partial charge in [0.15, 0.2) is 0 Å². The molecule has 0 radical (unpaired) electrons. The maximum Gasteiger partial charge on any atom is 0.313 e. The summed E-state index contributed by atoms with van der Waals surface area (Å²) in [6, 6.07) is 0. The first-order valence-electron chi connectivity index (χ1n) is 10.5. The molecule has 0 bridgehead atoms. The van der Waals surface area contributed by atoms with Gasteiger partial charge in [0.25, 0.3) is 6.33 Å². The summed E-state index contributed by atoms with van der Waals surface area (Å²) in [5, 5.41) is 0. The Morgan fingerprint density at radius 2 is 1.44 bits per heavy atom.